The van der Waals surface area contributed by atoms with Crippen molar-refractivity contribution >= 4 is 11.6 Å². The van der Waals surface area contributed by atoms with E-state index in [-0.39, 0.29) is 5.41 Å². The van der Waals surface area contributed by atoms with Crippen LogP contribution in [0.2, 0.25) is 0 Å². The third-order valence-corrected chi connectivity index (χ3v) is 5.10. The highest BCUT2D eigenvalue weighted by molar-refractivity contribution is 6.00. The molecular formula is C24H20. The van der Waals surface area contributed by atoms with Crippen LogP contribution in [-0.4, -0.2) is 0 Å². The molecule has 0 fully saturated rings. The SMILES string of the molecule is C=Cc1ccccc1C1(c2ccccc2)C(C)=C1c1ccccc1. The predicted molar refractivity (Wildman–Crippen MR) is 103 cm³/mol. The van der Waals surface area contributed by atoms with E-state index in [9.17, 15) is 0 Å². The fraction of sp³-hybridized carbons (Fsp3) is 0.0833. The predicted octanol–water partition coefficient (Wildman–Crippen LogP) is 6.10. The van der Waals surface area contributed by atoms with Crippen LogP contribution in [0.1, 0.15) is 29.2 Å². The van der Waals surface area contributed by atoms with Gasteiger partial charge in [-0.15, -0.1) is 0 Å². The second kappa shape index (κ2) is 5.65. The summed E-state index contributed by atoms with van der Waals surface area (Å²) in [4.78, 5) is 0. The molecule has 1 atom stereocenters. The van der Waals surface area contributed by atoms with Gasteiger partial charge in [-0.2, -0.15) is 0 Å². The Balaban J connectivity index is 1.96. The van der Waals surface area contributed by atoms with Crippen molar-refractivity contribution in [3.05, 3.63) is 119 Å². The number of rotatable bonds is 4. The van der Waals surface area contributed by atoms with E-state index in [1.807, 2.05) is 6.08 Å². The average molecular weight is 308 g/mol. The van der Waals surface area contributed by atoms with Crippen molar-refractivity contribution in [2.45, 2.75) is 12.3 Å². The number of hydrogen-bond acceptors (Lipinski definition) is 0. The monoisotopic (exact) mass is 308 g/mol. The molecule has 0 aliphatic heterocycles. The van der Waals surface area contributed by atoms with Gasteiger partial charge in [-0.25, -0.2) is 0 Å². The van der Waals surface area contributed by atoms with Gasteiger partial charge in [0, 0.05) is 0 Å². The van der Waals surface area contributed by atoms with Gasteiger partial charge >= 0.3 is 0 Å². The maximum atomic E-state index is 4.03. The van der Waals surface area contributed by atoms with E-state index in [2.05, 4.69) is 98.4 Å². The van der Waals surface area contributed by atoms with Gasteiger partial charge < -0.3 is 0 Å². The maximum absolute atomic E-state index is 4.03. The Hall–Kier alpha value is -2.86. The molecule has 0 saturated heterocycles. The molecule has 3 aromatic carbocycles. The average Bonchev–Trinajstić information content (AvgIpc) is 3.29. The van der Waals surface area contributed by atoms with Crippen molar-refractivity contribution in [1.82, 2.24) is 0 Å². The molecule has 1 aliphatic carbocycles. The highest BCUT2D eigenvalue weighted by Crippen LogP contribution is 2.63. The van der Waals surface area contributed by atoms with Crippen LogP contribution in [0, 0.1) is 0 Å². The van der Waals surface area contributed by atoms with Gasteiger partial charge in [0.1, 0.15) is 0 Å². The summed E-state index contributed by atoms with van der Waals surface area (Å²) in [5.41, 5.74) is 7.87. The molecule has 3 aromatic rings. The first-order chi connectivity index (χ1) is 11.8. The first-order valence-corrected chi connectivity index (χ1v) is 8.35. The third-order valence-electron chi connectivity index (χ3n) is 5.10. The molecule has 0 N–H and O–H groups in total. The van der Waals surface area contributed by atoms with E-state index in [4.69, 9.17) is 0 Å². The Morgan fingerprint density at radius 3 is 2.00 bits per heavy atom. The molecule has 0 nitrogen and oxygen atoms in total. The molecule has 0 heterocycles. The fourth-order valence-electron chi connectivity index (χ4n) is 4.00. The third kappa shape index (κ3) is 2.00. The van der Waals surface area contributed by atoms with Crippen LogP contribution >= 0.6 is 0 Å². The fourth-order valence-corrected chi connectivity index (χ4v) is 4.00. The molecule has 0 amide bonds. The molecule has 1 unspecified atom stereocenters. The molecular weight excluding hydrogens is 288 g/mol. The number of allylic oxidation sites excluding steroid dienone is 2. The lowest BCUT2D eigenvalue weighted by Gasteiger charge is -2.24. The largest absolute Gasteiger partial charge is 0.0985 e. The van der Waals surface area contributed by atoms with Crippen LogP contribution in [0.5, 0.6) is 0 Å². The van der Waals surface area contributed by atoms with Crippen LogP contribution in [0.3, 0.4) is 0 Å². The Bertz CT molecular complexity index is 917. The lowest BCUT2D eigenvalue weighted by molar-refractivity contribution is 0.900. The summed E-state index contributed by atoms with van der Waals surface area (Å²) in [7, 11) is 0. The van der Waals surface area contributed by atoms with Gasteiger partial charge in [0.25, 0.3) is 0 Å². The highest BCUT2D eigenvalue weighted by atomic mass is 14.5. The Morgan fingerprint density at radius 2 is 1.33 bits per heavy atom. The number of hydrogen-bond donors (Lipinski definition) is 0. The van der Waals surface area contributed by atoms with Crippen LogP contribution in [0.25, 0.3) is 11.6 Å². The Labute approximate surface area is 143 Å². The minimum absolute atomic E-state index is 0.132. The van der Waals surface area contributed by atoms with Crippen molar-refractivity contribution in [3.63, 3.8) is 0 Å². The van der Waals surface area contributed by atoms with Gasteiger partial charge in [0.2, 0.25) is 0 Å². The van der Waals surface area contributed by atoms with Crippen molar-refractivity contribution in [1.29, 1.82) is 0 Å². The van der Waals surface area contributed by atoms with Crippen molar-refractivity contribution in [3.8, 4) is 0 Å². The standard InChI is InChI=1S/C24H20/c1-3-19-12-10-11-17-22(19)24(21-15-8-5-9-16-21)18(2)23(24)20-13-6-4-7-14-20/h3-17H,1H2,2H3. The van der Waals surface area contributed by atoms with Crippen LogP contribution in [-0.2, 0) is 5.41 Å². The topological polar surface area (TPSA) is 0 Å². The minimum Gasteiger partial charge on any atom is -0.0985 e. The van der Waals surface area contributed by atoms with Gasteiger partial charge in [0.05, 0.1) is 5.41 Å². The van der Waals surface area contributed by atoms with E-state index in [0.717, 1.165) is 0 Å². The first-order valence-electron chi connectivity index (χ1n) is 8.35. The highest BCUT2D eigenvalue weighted by Gasteiger charge is 2.54. The van der Waals surface area contributed by atoms with Crippen LogP contribution in [0.15, 0.2) is 97.1 Å². The van der Waals surface area contributed by atoms with Gasteiger partial charge in [-0.05, 0) is 40.3 Å². The van der Waals surface area contributed by atoms with E-state index in [1.54, 1.807) is 0 Å². The first kappa shape index (κ1) is 14.7. The molecule has 0 radical (unpaired) electrons. The molecule has 1 aliphatic rings. The molecule has 0 bridgehead atoms. The molecule has 0 saturated carbocycles. The smallest absolute Gasteiger partial charge is 0.0676 e. The lowest BCUT2D eigenvalue weighted by atomic mass is 9.78. The zero-order valence-corrected chi connectivity index (χ0v) is 13.9. The van der Waals surface area contributed by atoms with E-state index in [1.165, 1.54) is 33.4 Å². The summed E-state index contributed by atoms with van der Waals surface area (Å²) in [5.74, 6) is 0. The molecule has 0 aromatic heterocycles. The van der Waals surface area contributed by atoms with Crippen molar-refractivity contribution < 1.29 is 0 Å². The Morgan fingerprint density at radius 1 is 0.750 bits per heavy atom. The summed E-state index contributed by atoms with van der Waals surface area (Å²) in [6, 6.07) is 30.1. The van der Waals surface area contributed by atoms with Gasteiger partial charge in [0.15, 0.2) is 0 Å². The quantitative estimate of drug-likeness (QED) is 0.546. The second-order valence-corrected chi connectivity index (χ2v) is 6.27. The van der Waals surface area contributed by atoms with Crippen molar-refractivity contribution in [2.24, 2.45) is 0 Å². The molecule has 24 heavy (non-hydrogen) atoms. The summed E-state index contributed by atoms with van der Waals surface area (Å²) < 4.78 is 0. The molecule has 0 heteroatoms. The Kier molecular flexibility index (Phi) is 3.46. The summed E-state index contributed by atoms with van der Waals surface area (Å²) in [6.45, 7) is 6.29. The zero-order valence-electron chi connectivity index (χ0n) is 13.9. The van der Waals surface area contributed by atoms with Crippen molar-refractivity contribution in [2.75, 3.05) is 0 Å². The number of benzene rings is 3. The van der Waals surface area contributed by atoms with Crippen LogP contribution < -0.4 is 0 Å². The molecule has 4 rings (SSSR count). The zero-order chi connectivity index (χ0) is 16.6. The van der Waals surface area contributed by atoms with E-state index < -0.39 is 0 Å². The van der Waals surface area contributed by atoms with E-state index >= 15 is 0 Å². The summed E-state index contributed by atoms with van der Waals surface area (Å²) >= 11 is 0. The van der Waals surface area contributed by atoms with Crippen LogP contribution in [0.4, 0.5) is 0 Å². The van der Waals surface area contributed by atoms with Gasteiger partial charge in [-0.1, -0.05) is 97.6 Å². The van der Waals surface area contributed by atoms with Gasteiger partial charge in [-0.3, -0.25) is 0 Å². The summed E-state index contributed by atoms with van der Waals surface area (Å²) in [5, 5.41) is 0. The molecule has 0 spiro atoms. The summed E-state index contributed by atoms with van der Waals surface area (Å²) in [6.07, 6.45) is 1.97. The second-order valence-electron chi connectivity index (χ2n) is 6.27. The molecule has 116 valence electrons. The normalized spacial score (nSPS) is 19.2. The lowest BCUT2D eigenvalue weighted by Crippen LogP contribution is -2.16. The minimum atomic E-state index is -0.132. The maximum Gasteiger partial charge on any atom is 0.0676 e. The van der Waals surface area contributed by atoms with E-state index in [0.29, 0.717) is 0 Å².